The highest BCUT2D eigenvalue weighted by molar-refractivity contribution is 7.89. The van der Waals surface area contributed by atoms with Crippen molar-refractivity contribution < 1.29 is 26.3 Å². The second-order valence-corrected chi connectivity index (χ2v) is 5.59. The Labute approximate surface area is 115 Å². The Bertz CT molecular complexity index is 532. The number of alkyl halides is 3. The van der Waals surface area contributed by atoms with Crippen LogP contribution in [-0.4, -0.2) is 34.7 Å². The Kier molecular flexibility index (Phi) is 5.93. The van der Waals surface area contributed by atoms with E-state index in [1.165, 1.54) is 0 Å². The lowest BCUT2D eigenvalue weighted by molar-refractivity contribution is -0.137. The molecule has 0 atom stereocenters. The summed E-state index contributed by atoms with van der Waals surface area (Å²) >= 11 is 0. The second kappa shape index (κ2) is 7.02. The maximum absolute atomic E-state index is 12.5. The van der Waals surface area contributed by atoms with Crippen molar-refractivity contribution in [3.8, 4) is 0 Å². The molecule has 1 rings (SSSR count). The predicted molar refractivity (Wildman–Crippen MR) is 66.5 cm³/mol. The van der Waals surface area contributed by atoms with Crippen molar-refractivity contribution >= 4 is 10.0 Å². The Balaban J connectivity index is 2.73. The summed E-state index contributed by atoms with van der Waals surface area (Å²) in [6.45, 7) is 0.639. The summed E-state index contributed by atoms with van der Waals surface area (Å²) in [6, 6.07) is 3.53. The van der Waals surface area contributed by atoms with Gasteiger partial charge >= 0.3 is 6.18 Å². The molecule has 0 unspecified atom stereocenters. The van der Waals surface area contributed by atoms with Crippen LogP contribution in [0.4, 0.5) is 13.2 Å². The van der Waals surface area contributed by atoms with Gasteiger partial charge in [0, 0.05) is 13.1 Å². The summed E-state index contributed by atoms with van der Waals surface area (Å²) in [6.07, 6.45) is -4.59. The molecule has 0 aromatic heterocycles. The first kappa shape index (κ1) is 16.9. The van der Waals surface area contributed by atoms with Crippen LogP contribution in [0.25, 0.3) is 0 Å². The summed E-state index contributed by atoms with van der Waals surface area (Å²) in [5.74, 6) is 0. The zero-order valence-corrected chi connectivity index (χ0v) is 11.3. The van der Waals surface area contributed by atoms with Gasteiger partial charge in [-0.2, -0.15) is 13.2 Å². The maximum atomic E-state index is 12.5. The third kappa shape index (κ3) is 5.08. The molecular formula is C11H15F3N2O3S. The fourth-order valence-electron chi connectivity index (χ4n) is 1.36. The van der Waals surface area contributed by atoms with Crippen LogP contribution in [0.15, 0.2) is 29.2 Å². The highest BCUT2D eigenvalue weighted by atomic mass is 32.2. The van der Waals surface area contributed by atoms with E-state index in [0.29, 0.717) is 12.6 Å². The van der Waals surface area contributed by atoms with Crippen molar-refractivity contribution in [1.29, 1.82) is 0 Å². The molecule has 0 spiro atoms. The fraction of sp³-hybridized carbons (Fsp3) is 0.455. The van der Waals surface area contributed by atoms with E-state index in [0.717, 1.165) is 18.2 Å². The Hall–Kier alpha value is -1.16. The number of rotatable bonds is 7. The van der Waals surface area contributed by atoms with Crippen molar-refractivity contribution in [1.82, 2.24) is 4.72 Å². The molecule has 0 heterocycles. The van der Waals surface area contributed by atoms with E-state index in [9.17, 15) is 21.6 Å². The van der Waals surface area contributed by atoms with Crippen LogP contribution in [0.3, 0.4) is 0 Å². The number of hydrogen-bond acceptors (Lipinski definition) is 4. The smallest absolute Gasteiger partial charge is 0.379 e. The van der Waals surface area contributed by atoms with Crippen LogP contribution in [-0.2, 0) is 20.9 Å². The van der Waals surface area contributed by atoms with Gasteiger partial charge in [0.05, 0.1) is 23.7 Å². The zero-order chi connectivity index (χ0) is 15.2. The van der Waals surface area contributed by atoms with Crippen LogP contribution < -0.4 is 10.5 Å². The van der Waals surface area contributed by atoms with E-state index in [-0.39, 0.29) is 19.8 Å². The lowest BCUT2D eigenvalue weighted by Crippen LogP contribution is -2.28. The fourth-order valence-corrected chi connectivity index (χ4v) is 2.42. The van der Waals surface area contributed by atoms with E-state index in [4.69, 9.17) is 10.5 Å². The second-order valence-electron chi connectivity index (χ2n) is 3.82. The minimum atomic E-state index is -4.59. The minimum absolute atomic E-state index is 0.0431. The molecule has 1 aromatic rings. The Morgan fingerprint density at radius 1 is 1.25 bits per heavy atom. The maximum Gasteiger partial charge on any atom is 0.416 e. The van der Waals surface area contributed by atoms with Gasteiger partial charge in [-0.3, -0.25) is 0 Å². The number of nitrogens with two attached hydrogens (primary N) is 1. The third-order valence-corrected chi connectivity index (χ3v) is 3.73. The van der Waals surface area contributed by atoms with Crippen molar-refractivity contribution in [2.75, 3.05) is 26.3 Å². The molecule has 114 valence electrons. The summed E-state index contributed by atoms with van der Waals surface area (Å²) in [5.41, 5.74) is 4.16. The summed E-state index contributed by atoms with van der Waals surface area (Å²) < 4.78 is 68.2. The number of ether oxygens (including phenoxy) is 1. The van der Waals surface area contributed by atoms with Crippen molar-refractivity contribution in [3.63, 3.8) is 0 Å². The molecule has 1 aromatic carbocycles. The molecule has 0 bridgehead atoms. The van der Waals surface area contributed by atoms with Crippen LogP contribution in [0, 0.1) is 0 Å². The van der Waals surface area contributed by atoms with E-state index >= 15 is 0 Å². The number of benzene rings is 1. The van der Waals surface area contributed by atoms with Crippen LogP contribution in [0.1, 0.15) is 5.56 Å². The van der Waals surface area contributed by atoms with E-state index in [2.05, 4.69) is 4.72 Å². The molecule has 0 aliphatic carbocycles. The minimum Gasteiger partial charge on any atom is -0.379 e. The highest BCUT2D eigenvalue weighted by Crippen LogP contribution is 2.30. The number of sulfonamides is 1. The molecule has 0 aliphatic rings. The molecule has 3 N–H and O–H groups in total. The van der Waals surface area contributed by atoms with E-state index in [1.807, 2.05) is 0 Å². The highest BCUT2D eigenvalue weighted by Gasteiger charge is 2.31. The largest absolute Gasteiger partial charge is 0.416 e. The molecule has 0 fully saturated rings. The Morgan fingerprint density at radius 2 is 1.95 bits per heavy atom. The average molecular weight is 312 g/mol. The van der Waals surface area contributed by atoms with Crippen LogP contribution >= 0.6 is 0 Å². The number of nitrogens with one attached hydrogen (secondary N) is 1. The van der Waals surface area contributed by atoms with Gasteiger partial charge in [0.2, 0.25) is 10.0 Å². The van der Waals surface area contributed by atoms with Gasteiger partial charge in [-0.25, -0.2) is 13.1 Å². The van der Waals surface area contributed by atoms with Crippen molar-refractivity contribution in [2.45, 2.75) is 11.1 Å². The lowest BCUT2D eigenvalue weighted by atomic mass is 10.2. The monoisotopic (exact) mass is 312 g/mol. The third-order valence-electron chi connectivity index (χ3n) is 2.27. The summed E-state index contributed by atoms with van der Waals surface area (Å²) in [4.78, 5) is -0.439. The van der Waals surface area contributed by atoms with Crippen LogP contribution in [0.5, 0.6) is 0 Å². The zero-order valence-electron chi connectivity index (χ0n) is 10.5. The van der Waals surface area contributed by atoms with Gasteiger partial charge in [0.1, 0.15) is 0 Å². The molecule has 9 heteroatoms. The predicted octanol–water partition coefficient (Wildman–Crippen LogP) is 0.959. The van der Waals surface area contributed by atoms with Crippen molar-refractivity contribution in [3.05, 3.63) is 29.8 Å². The van der Waals surface area contributed by atoms with E-state index < -0.39 is 26.7 Å². The summed E-state index contributed by atoms with van der Waals surface area (Å²) in [5, 5.41) is 0. The van der Waals surface area contributed by atoms with Gasteiger partial charge in [0.25, 0.3) is 0 Å². The molecule has 20 heavy (non-hydrogen) atoms. The Morgan fingerprint density at radius 3 is 2.55 bits per heavy atom. The molecule has 0 aliphatic heterocycles. The summed E-state index contributed by atoms with van der Waals surface area (Å²) in [7, 11) is -3.99. The normalized spacial score (nSPS) is 12.6. The number of halogens is 3. The van der Waals surface area contributed by atoms with Gasteiger partial charge in [-0.15, -0.1) is 0 Å². The number of hydrogen-bond donors (Lipinski definition) is 2. The first-order valence-electron chi connectivity index (χ1n) is 5.72. The average Bonchev–Trinajstić information content (AvgIpc) is 2.37. The first-order valence-corrected chi connectivity index (χ1v) is 7.20. The van der Waals surface area contributed by atoms with E-state index in [1.54, 1.807) is 0 Å². The topological polar surface area (TPSA) is 81.4 Å². The van der Waals surface area contributed by atoms with Gasteiger partial charge < -0.3 is 10.5 Å². The molecule has 0 radical (unpaired) electrons. The molecule has 0 amide bonds. The SMILES string of the molecule is NCCOCCNS(=O)(=O)c1cccc(C(F)(F)F)c1. The molecule has 0 saturated carbocycles. The first-order chi connectivity index (χ1) is 9.27. The molecule has 5 nitrogen and oxygen atoms in total. The standard InChI is InChI=1S/C11H15F3N2O3S/c12-11(13,14)9-2-1-3-10(8-9)20(17,18)16-5-7-19-6-4-15/h1-3,8,16H,4-7,15H2. The quantitative estimate of drug-likeness (QED) is 0.735. The van der Waals surface area contributed by atoms with Crippen LogP contribution in [0.2, 0.25) is 0 Å². The van der Waals surface area contributed by atoms with Gasteiger partial charge in [0.15, 0.2) is 0 Å². The lowest BCUT2D eigenvalue weighted by Gasteiger charge is -2.10. The molecule has 0 saturated heterocycles. The van der Waals surface area contributed by atoms with Gasteiger partial charge in [-0.1, -0.05) is 6.07 Å². The van der Waals surface area contributed by atoms with Gasteiger partial charge in [-0.05, 0) is 18.2 Å². The molecular weight excluding hydrogens is 297 g/mol. The van der Waals surface area contributed by atoms with Crippen molar-refractivity contribution in [2.24, 2.45) is 5.73 Å².